The molecule has 0 rings (SSSR count). The van der Waals surface area contributed by atoms with Crippen molar-refractivity contribution in [3.05, 3.63) is 0 Å². The van der Waals surface area contributed by atoms with E-state index in [-0.39, 0.29) is 0 Å². The maximum atomic E-state index is 8.73. The molecule has 15 heavy (non-hydrogen) atoms. The van der Waals surface area contributed by atoms with Crippen molar-refractivity contribution in [2.75, 3.05) is 19.6 Å². The zero-order valence-corrected chi connectivity index (χ0v) is 10.6. The van der Waals surface area contributed by atoms with Crippen molar-refractivity contribution in [2.24, 2.45) is 5.92 Å². The molecule has 0 saturated carbocycles. The Morgan fingerprint density at radius 3 is 2.40 bits per heavy atom. The molecular weight excluding hydrogens is 184 g/mol. The molecule has 0 radical (unpaired) electrons. The molecule has 0 aromatic rings. The summed E-state index contributed by atoms with van der Waals surface area (Å²) in [5, 5.41) is 8.73. The highest BCUT2D eigenvalue weighted by Crippen LogP contribution is 2.14. The summed E-state index contributed by atoms with van der Waals surface area (Å²) in [6.07, 6.45) is 6.31. The molecule has 0 aliphatic carbocycles. The van der Waals surface area contributed by atoms with E-state index in [9.17, 15) is 0 Å². The summed E-state index contributed by atoms with van der Waals surface area (Å²) < 4.78 is 0. The monoisotopic (exact) mass is 210 g/mol. The first kappa shape index (κ1) is 14.5. The van der Waals surface area contributed by atoms with Crippen LogP contribution in [-0.4, -0.2) is 24.5 Å². The van der Waals surface area contributed by atoms with Crippen LogP contribution in [0.25, 0.3) is 0 Å². The van der Waals surface area contributed by atoms with Gasteiger partial charge in [-0.2, -0.15) is 5.26 Å². The Bertz CT molecular complexity index is 172. The topological polar surface area (TPSA) is 27.0 Å². The molecule has 0 N–H and O–H groups in total. The first-order valence-electron chi connectivity index (χ1n) is 6.37. The minimum absolute atomic E-state index is 0.594. The maximum Gasteiger partial charge on any atom is 0.0866 e. The first-order chi connectivity index (χ1) is 7.28. The van der Waals surface area contributed by atoms with Crippen molar-refractivity contribution >= 4 is 0 Å². The summed E-state index contributed by atoms with van der Waals surface area (Å²) in [5.41, 5.74) is 0. The van der Waals surface area contributed by atoms with Gasteiger partial charge in [0, 0.05) is 6.54 Å². The minimum atomic E-state index is 0.594. The molecule has 0 amide bonds. The van der Waals surface area contributed by atoms with Crippen LogP contribution in [0.1, 0.15) is 52.9 Å². The number of nitriles is 1. The highest BCUT2D eigenvalue weighted by atomic mass is 15.1. The Morgan fingerprint density at radius 1 is 1.20 bits per heavy atom. The Hall–Kier alpha value is -0.550. The van der Waals surface area contributed by atoms with E-state index in [1.807, 2.05) is 0 Å². The number of hydrogen-bond donors (Lipinski definition) is 0. The fourth-order valence-electron chi connectivity index (χ4n) is 1.93. The van der Waals surface area contributed by atoms with Crippen LogP contribution in [0.5, 0.6) is 0 Å². The molecule has 2 nitrogen and oxygen atoms in total. The lowest BCUT2D eigenvalue weighted by Gasteiger charge is -2.24. The van der Waals surface area contributed by atoms with Gasteiger partial charge in [0.2, 0.25) is 0 Å². The minimum Gasteiger partial charge on any atom is -0.290 e. The van der Waals surface area contributed by atoms with Gasteiger partial charge in [-0.3, -0.25) is 4.90 Å². The normalized spacial score (nSPS) is 12.7. The van der Waals surface area contributed by atoms with Crippen molar-refractivity contribution in [3.8, 4) is 6.07 Å². The maximum absolute atomic E-state index is 8.73. The summed E-state index contributed by atoms with van der Waals surface area (Å²) in [6.45, 7) is 9.45. The molecule has 0 spiro atoms. The molecule has 0 saturated heterocycles. The van der Waals surface area contributed by atoms with E-state index in [1.165, 1.54) is 25.7 Å². The molecule has 0 aromatic heterocycles. The lowest BCUT2D eigenvalue weighted by atomic mass is 9.98. The molecule has 2 heteroatoms. The smallest absolute Gasteiger partial charge is 0.0866 e. The molecule has 0 fully saturated rings. The third-order valence-electron chi connectivity index (χ3n) is 2.89. The Kier molecular flexibility index (Phi) is 9.62. The zero-order chi connectivity index (χ0) is 11.5. The van der Waals surface area contributed by atoms with Crippen LogP contribution in [-0.2, 0) is 0 Å². The number of unbranched alkanes of at least 4 members (excludes halogenated alkanes) is 1. The predicted octanol–water partition coefficient (Wildman–Crippen LogP) is 3.44. The van der Waals surface area contributed by atoms with Gasteiger partial charge < -0.3 is 0 Å². The molecule has 1 atom stereocenters. The van der Waals surface area contributed by atoms with Gasteiger partial charge in [0.1, 0.15) is 0 Å². The van der Waals surface area contributed by atoms with Crippen molar-refractivity contribution < 1.29 is 0 Å². The second-order valence-corrected chi connectivity index (χ2v) is 4.31. The highest BCUT2D eigenvalue weighted by molar-refractivity contribution is 4.77. The number of hydrogen-bond acceptors (Lipinski definition) is 2. The summed E-state index contributed by atoms with van der Waals surface area (Å²) >= 11 is 0. The summed E-state index contributed by atoms with van der Waals surface area (Å²) in [4.78, 5) is 2.30. The van der Waals surface area contributed by atoms with Crippen molar-refractivity contribution in [1.82, 2.24) is 4.90 Å². The third-order valence-corrected chi connectivity index (χ3v) is 2.89. The highest BCUT2D eigenvalue weighted by Gasteiger charge is 2.11. The van der Waals surface area contributed by atoms with Gasteiger partial charge in [-0.15, -0.1) is 0 Å². The summed E-state index contributed by atoms with van der Waals surface area (Å²) in [7, 11) is 0. The number of rotatable bonds is 9. The van der Waals surface area contributed by atoms with Crippen LogP contribution in [0.3, 0.4) is 0 Å². The Morgan fingerprint density at radius 2 is 1.93 bits per heavy atom. The fourth-order valence-corrected chi connectivity index (χ4v) is 1.93. The lowest BCUT2D eigenvalue weighted by molar-refractivity contribution is 0.240. The van der Waals surface area contributed by atoms with Gasteiger partial charge in [-0.1, -0.05) is 40.0 Å². The third kappa shape index (κ3) is 7.39. The molecular formula is C13H26N2. The van der Waals surface area contributed by atoms with Crippen molar-refractivity contribution in [1.29, 1.82) is 5.26 Å². The van der Waals surface area contributed by atoms with Crippen molar-refractivity contribution in [2.45, 2.75) is 52.9 Å². The molecule has 88 valence electrons. The average molecular weight is 210 g/mol. The van der Waals surface area contributed by atoms with Gasteiger partial charge in [0.05, 0.1) is 12.6 Å². The molecule has 0 aliphatic rings. The van der Waals surface area contributed by atoms with Gasteiger partial charge in [-0.25, -0.2) is 0 Å². The van der Waals surface area contributed by atoms with Gasteiger partial charge in [-0.05, 0) is 25.3 Å². The van der Waals surface area contributed by atoms with Gasteiger partial charge >= 0.3 is 0 Å². The van der Waals surface area contributed by atoms with Gasteiger partial charge in [0.25, 0.3) is 0 Å². The van der Waals surface area contributed by atoms with Crippen LogP contribution in [0.15, 0.2) is 0 Å². The van der Waals surface area contributed by atoms with E-state index in [0.717, 1.165) is 25.4 Å². The molecule has 0 bridgehead atoms. The van der Waals surface area contributed by atoms with Gasteiger partial charge in [0.15, 0.2) is 0 Å². The predicted molar refractivity (Wildman–Crippen MR) is 65.7 cm³/mol. The lowest BCUT2D eigenvalue weighted by Crippen LogP contribution is -2.30. The molecule has 0 aliphatic heterocycles. The van der Waals surface area contributed by atoms with Crippen LogP contribution in [0.4, 0.5) is 0 Å². The van der Waals surface area contributed by atoms with E-state index in [4.69, 9.17) is 5.26 Å². The second kappa shape index (κ2) is 9.98. The zero-order valence-electron chi connectivity index (χ0n) is 10.6. The van der Waals surface area contributed by atoms with Crippen LogP contribution < -0.4 is 0 Å². The SMILES string of the molecule is CCCCC(CC)CN(CC#N)CCC. The molecule has 0 heterocycles. The van der Waals surface area contributed by atoms with E-state index in [0.29, 0.717) is 6.54 Å². The average Bonchev–Trinajstić information content (AvgIpc) is 2.24. The fraction of sp³-hybridized carbons (Fsp3) is 0.923. The second-order valence-electron chi connectivity index (χ2n) is 4.31. The standard InChI is InChI=1S/C13H26N2/c1-4-7-8-13(6-3)12-15(10-5-2)11-9-14/h13H,4-8,10-12H2,1-3H3. The summed E-state index contributed by atoms with van der Waals surface area (Å²) in [6, 6.07) is 2.26. The van der Waals surface area contributed by atoms with E-state index in [1.54, 1.807) is 0 Å². The van der Waals surface area contributed by atoms with E-state index in [2.05, 4.69) is 31.7 Å². The quantitative estimate of drug-likeness (QED) is 0.545. The van der Waals surface area contributed by atoms with Crippen molar-refractivity contribution in [3.63, 3.8) is 0 Å². The van der Waals surface area contributed by atoms with E-state index >= 15 is 0 Å². The molecule has 1 unspecified atom stereocenters. The van der Waals surface area contributed by atoms with Crippen LogP contribution in [0.2, 0.25) is 0 Å². The van der Waals surface area contributed by atoms with Crippen LogP contribution in [0, 0.1) is 17.2 Å². The largest absolute Gasteiger partial charge is 0.290 e. The Balaban J connectivity index is 3.92. The van der Waals surface area contributed by atoms with E-state index < -0.39 is 0 Å². The first-order valence-corrected chi connectivity index (χ1v) is 6.37. The Labute approximate surface area is 95.3 Å². The summed E-state index contributed by atoms with van der Waals surface area (Å²) in [5.74, 6) is 0.782. The molecule has 0 aromatic carbocycles. The number of nitrogens with zero attached hydrogens (tertiary/aromatic N) is 2. The van der Waals surface area contributed by atoms with Crippen LogP contribution >= 0.6 is 0 Å².